The highest BCUT2D eigenvalue weighted by Crippen LogP contribution is 2.39. The Balaban J connectivity index is 1.97. The van der Waals surface area contributed by atoms with Crippen molar-refractivity contribution < 1.29 is 33.8 Å². The van der Waals surface area contributed by atoms with Crippen LogP contribution in [-0.2, 0) is 13.8 Å². The number of nitrogens with one attached hydrogen (secondary N) is 1. The highest BCUT2D eigenvalue weighted by Gasteiger charge is 2.46. The van der Waals surface area contributed by atoms with Crippen molar-refractivity contribution in [2.24, 2.45) is 0 Å². The highest BCUT2D eigenvalue weighted by molar-refractivity contribution is 9.10. The molecule has 0 saturated carbocycles. The van der Waals surface area contributed by atoms with Crippen molar-refractivity contribution in [3.05, 3.63) is 15.1 Å². The van der Waals surface area contributed by atoms with Crippen molar-refractivity contribution in [3.63, 3.8) is 0 Å². The number of hydrogen-bond acceptors (Lipinski definition) is 9. The normalized spacial score (nSPS) is 27.2. The van der Waals surface area contributed by atoms with Gasteiger partial charge in [-0.1, -0.05) is 0 Å². The molecule has 138 valence electrons. The summed E-state index contributed by atoms with van der Waals surface area (Å²) in [7, 11) is -4.78. The molecule has 25 heavy (non-hydrogen) atoms. The monoisotopic (exact) mass is 441 g/mol. The van der Waals surface area contributed by atoms with Crippen LogP contribution < -0.4 is 11.3 Å². The molecule has 0 bridgehead atoms. The van der Waals surface area contributed by atoms with Gasteiger partial charge in [0.15, 0.2) is 22.1 Å². The SMILES string of the molecule is Nc1nc2c(nc(Br)n2[C@@H]2O[C@H](COP(=O)(O)O)[C@@H](O)[C@H]2O)c(=O)[nH]1. The van der Waals surface area contributed by atoms with Gasteiger partial charge < -0.3 is 30.5 Å². The molecular formula is C10H13BrN5O8P. The number of ether oxygens (including phenoxy) is 1. The number of rotatable bonds is 4. The second-order valence-corrected chi connectivity index (χ2v) is 7.16. The number of aliphatic hydroxyl groups excluding tert-OH is 2. The van der Waals surface area contributed by atoms with E-state index in [4.69, 9.17) is 20.3 Å². The van der Waals surface area contributed by atoms with Gasteiger partial charge in [-0.3, -0.25) is 18.9 Å². The zero-order valence-electron chi connectivity index (χ0n) is 12.2. The Morgan fingerprint density at radius 2 is 2.04 bits per heavy atom. The smallest absolute Gasteiger partial charge is 0.387 e. The molecule has 4 atom stereocenters. The van der Waals surface area contributed by atoms with Crippen molar-refractivity contribution in [2.75, 3.05) is 12.3 Å². The van der Waals surface area contributed by atoms with Crippen LogP contribution in [0.2, 0.25) is 0 Å². The zero-order valence-corrected chi connectivity index (χ0v) is 14.7. The van der Waals surface area contributed by atoms with E-state index in [2.05, 4.69) is 35.4 Å². The number of anilines is 1. The van der Waals surface area contributed by atoms with Crippen molar-refractivity contribution in [1.29, 1.82) is 0 Å². The van der Waals surface area contributed by atoms with E-state index >= 15 is 0 Å². The van der Waals surface area contributed by atoms with E-state index in [1.807, 2.05) is 0 Å². The quantitative estimate of drug-likeness (QED) is 0.230. The van der Waals surface area contributed by atoms with Crippen LogP contribution >= 0.6 is 23.8 Å². The summed E-state index contributed by atoms with van der Waals surface area (Å²) >= 11 is 3.11. The highest BCUT2D eigenvalue weighted by atomic mass is 79.9. The lowest BCUT2D eigenvalue weighted by Gasteiger charge is -2.17. The lowest BCUT2D eigenvalue weighted by molar-refractivity contribution is -0.0513. The number of H-pyrrole nitrogens is 1. The van der Waals surface area contributed by atoms with E-state index in [9.17, 15) is 19.6 Å². The minimum Gasteiger partial charge on any atom is -0.387 e. The fourth-order valence-corrected chi connectivity index (χ4v) is 3.34. The maximum absolute atomic E-state index is 11.9. The molecule has 3 heterocycles. The predicted octanol–water partition coefficient (Wildman–Crippen LogP) is -1.81. The Morgan fingerprint density at radius 3 is 2.68 bits per heavy atom. The number of nitrogen functional groups attached to an aromatic ring is 1. The van der Waals surface area contributed by atoms with Gasteiger partial charge in [0, 0.05) is 0 Å². The van der Waals surface area contributed by atoms with Crippen LogP contribution in [-0.4, -0.2) is 64.4 Å². The molecule has 1 aliphatic rings. The number of phosphoric ester groups is 1. The number of imidazole rings is 1. The first-order valence-corrected chi connectivity index (χ1v) is 9.05. The average Bonchev–Trinajstić information content (AvgIpc) is 2.95. The number of aromatic nitrogens is 4. The Kier molecular flexibility index (Phi) is 4.72. The maximum atomic E-state index is 11.9. The Hall–Kier alpha value is -1.38. The number of nitrogens with two attached hydrogens (primary N) is 1. The van der Waals surface area contributed by atoms with Crippen LogP contribution in [0.1, 0.15) is 6.23 Å². The predicted molar refractivity (Wildman–Crippen MR) is 84.2 cm³/mol. The van der Waals surface area contributed by atoms with E-state index in [0.29, 0.717) is 0 Å². The van der Waals surface area contributed by atoms with Gasteiger partial charge in [0.1, 0.15) is 18.3 Å². The third-order valence-electron chi connectivity index (χ3n) is 3.52. The standard InChI is InChI=1S/C10H13BrN5O8P/c11-9-13-3-6(14-10(12)15-7(3)19)16(9)8-5(18)4(17)2(24-8)1-23-25(20,21)22/h2,4-5,8,17-18H,1H2,(H2,20,21,22)(H3,12,14,15,19)/t2-,4-,5-,8-/m1/s1. The van der Waals surface area contributed by atoms with Gasteiger partial charge in [-0.2, -0.15) is 4.98 Å². The lowest BCUT2D eigenvalue weighted by Crippen LogP contribution is -2.33. The van der Waals surface area contributed by atoms with Gasteiger partial charge in [-0.05, 0) is 15.9 Å². The maximum Gasteiger partial charge on any atom is 0.469 e. The molecule has 1 fully saturated rings. The molecule has 7 N–H and O–H groups in total. The van der Waals surface area contributed by atoms with E-state index < -0.39 is 44.5 Å². The fourth-order valence-electron chi connectivity index (χ4n) is 2.45. The number of halogens is 1. The van der Waals surface area contributed by atoms with E-state index in [-0.39, 0.29) is 21.8 Å². The summed E-state index contributed by atoms with van der Waals surface area (Å²) < 4.78 is 21.8. The first-order valence-electron chi connectivity index (χ1n) is 6.73. The van der Waals surface area contributed by atoms with Crippen LogP contribution in [0.25, 0.3) is 11.2 Å². The average molecular weight is 442 g/mol. The molecule has 1 aliphatic heterocycles. The summed E-state index contributed by atoms with van der Waals surface area (Å²) in [4.78, 5) is 39.5. The van der Waals surface area contributed by atoms with Gasteiger partial charge in [0.05, 0.1) is 6.61 Å². The van der Waals surface area contributed by atoms with Crippen LogP contribution in [0.3, 0.4) is 0 Å². The topological polar surface area (TPSA) is 206 Å². The third-order valence-corrected chi connectivity index (χ3v) is 4.57. The van der Waals surface area contributed by atoms with Gasteiger partial charge >= 0.3 is 7.82 Å². The van der Waals surface area contributed by atoms with Crippen LogP contribution in [0.5, 0.6) is 0 Å². The largest absolute Gasteiger partial charge is 0.469 e. The van der Waals surface area contributed by atoms with E-state index in [0.717, 1.165) is 0 Å². The summed E-state index contributed by atoms with van der Waals surface area (Å²) in [5.41, 5.74) is 4.79. The molecule has 0 radical (unpaired) electrons. The van der Waals surface area contributed by atoms with E-state index in [1.54, 1.807) is 0 Å². The molecule has 0 aromatic carbocycles. The third kappa shape index (κ3) is 3.47. The van der Waals surface area contributed by atoms with Gasteiger partial charge in [0.25, 0.3) is 5.56 Å². The Labute approximate surface area is 146 Å². The first-order chi connectivity index (χ1) is 11.6. The molecule has 3 rings (SSSR count). The molecule has 2 aromatic rings. The minimum absolute atomic E-state index is 0.0130. The van der Waals surface area contributed by atoms with Crippen molar-refractivity contribution in [1.82, 2.24) is 19.5 Å². The molecule has 15 heteroatoms. The summed E-state index contributed by atoms with van der Waals surface area (Å²) in [5, 5.41) is 20.2. The first kappa shape index (κ1) is 18.4. The lowest BCUT2D eigenvalue weighted by atomic mass is 10.1. The number of aromatic amines is 1. The Bertz CT molecular complexity index is 911. The number of aliphatic hydroxyl groups is 2. The summed E-state index contributed by atoms with van der Waals surface area (Å²) in [6, 6.07) is 0. The molecular weight excluding hydrogens is 429 g/mol. The number of fused-ring (bicyclic) bond motifs is 1. The van der Waals surface area contributed by atoms with Crippen LogP contribution in [0, 0.1) is 0 Å². The van der Waals surface area contributed by atoms with Gasteiger partial charge in [-0.25, -0.2) is 9.55 Å². The fraction of sp³-hybridized carbons (Fsp3) is 0.500. The number of hydrogen-bond donors (Lipinski definition) is 6. The van der Waals surface area contributed by atoms with Crippen molar-refractivity contribution >= 4 is 40.9 Å². The number of nitrogens with zero attached hydrogens (tertiary/aromatic N) is 3. The number of phosphoric acid groups is 1. The van der Waals surface area contributed by atoms with Crippen LogP contribution in [0.4, 0.5) is 5.95 Å². The zero-order chi connectivity index (χ0) is 18.5. The minimum atomic E-state index is -4.78. The van der Waals surface area contributed by atoms with Crippen LogP contribution in [0.15, 0.2) is 9.53 Å². The van der Waals surface area contributed by atoms with Gasteiger partial charge in [-0.15, -0.1) is 0 Å². The summed E-state index contributed by atoms with van der Waals surface area (Å²) in [5.74, 6) is -0.194. The van der Waals surface area contributed by atoms with Crippen molar-refractivity contribution in [3.8, 4) is 0 Å². The molecule has 0 amide bonds. The van der Waals surface area contributed by atoms with Gasteiger partial charge in [0.2, 0.25) is 5.95 Å². The molecule has 13 nitrogen and oxygen atoms in total. The molecule has 2 aromatic heterocycles. The molecule has 0 aliphatic carbocycles. The molecule has 0 spiro atoms. The molecule has 1 saturated heterocycles. The second kappa shape index (κ2) is 6.41. The van der Waals surface area contributed by atoms with Crippen molar-refractivity contribution in [2.45, 2.75) is 24.5 Å². The second-order valence-electron chi connectivity index (χ2n) is 5.21. The molecule has 0 unspecified atom stereocenters. The Morgan fingerprint density at radius 1 is 1.36 bits per heavy atom. The van der Waals surface area contributed by atoms with E-state index in [1.165, 1.54) is 4.57 Å². The summed E-state index contributed by atoms with van der Waals surface area (Å²) in [6.07, 6.45) is -5.52. The summed E-state index contributed by atoms with van der Waals surface area (Å²) in [6.45, 7) is -0.667.